The van der Waals surface area contributed by atoms with Gasteiger partial charge in [-0.25, -0.2) is 4.79 Å². The molecule has 0 atom stereocenters. The van der Waals surface area contributed by atoms with Gasteiger partial charge in [-0.15, -0.1) is 0 Å². The molecule has 1 aromatic rings. The van der Waals surface area contributed by atoms with E-state index in [9.17, 15) is 4.79 Å². The van der Waals surface area contributed by atoms with Gasteiger partial charge in [0.2, 0.25) is 0 Å². The summed E-state index contributed by atoms with van der Waals surface area (Å²) in [5, 5.41) is 10.8. The van der Waals surface area contributed by atoms with Crippen LogP contribution in [0.3, 0.4) is 0 Å². The summed E-state index contributed by atoms with van der Waals surface area (Å²) in [6.07, 6.45) is 3.13. The van der Waals surface area contributed by atoms with E-state index in [4.69, 9.17) is 4.74 Å². The van der Waals surface area contributed by atoms with Crippen LogP contribution in [-0.2, 0) is 17.3 Å². The first-order chi connectivity index (χ1) is 9.31. The van der Waals surface area contributed by atoms with Crippen molar-refractivity contribution < 1.29 is 9.53 Å². The first-order valence-corrected chi connectivity index (χ1v) is 7.03. The molecule has 20 heavy (non-hydrogen) atoms. The maximum Gasteiger partial charge on any atom is 0.408 e. The Hall–Kier alpha value is -1.56. The summed E-state index contributed by atoms with van der Waals surface area (Å²) in [4.78, 5) is 12.1. The minimum absolute atomic E-state index is 0.384. The number of hydrogen-bond donors (Lipinski definition) is 2. The lowest BCUT2D eigenvalue weighted by Gasteiger charge is -2.37. The zero-order chi connectivity index (χ0) is 14.8. The summed E-state index contributed by atoms with van der Waals surface area (Å²) >= 11 is 0. The quantitative estimate of drug-likeness (QED) is 0.862. The third-order valence-corrected chi connectivity index (χ3v) is 3.40. The van der Waals surface area contributed by atoms with Crippen LogP contribution in [-0.4, -0.2) is 34.6 Å². The maximum absolute atomic E-state index is 12.1. The molecular weight excluding hydrogens is 256 g/mol. The fraction of sp³-hybridized carbons (Fsp3) is 0.714. The van der Waals surface area contributed by atoms with E-state index >= 15 is 0 Å². The third-order valence-electron chi connectivity index (χ3n) is 3.40. The van der Waals surface area contributed by atoms with Crippen molar-refractivity contribution >= 4 is 6.09 Å². The molecule has 2 N–H and O–H groups in total. The third kappa shape index (κ3) is 3.50. The van der Waals surface area contributed by atoms with Crippen molar-refractivity contribution in [2.24, 2.45) is 7.05 Å². The number of nitrogens with one attached hydrogen (secondary N) is 2. The number of ether oxygens (including phenoxy) is 1. The second-order valence-electron chi connectivity index (χ2n) is 6.33. The molecule has 1 aliphatic rings. The Balaban J connectivity index is 2.18. The number of hydrogen-bond acceptors (Lipinski definition) is 4. The van der Waals surface area contributed by atoms with E-state index in [1.807, 2.05) is 40.1 Å². The highest BCUT2D eigenvalue weighted by Crippen LogP contribution is 2.29. The van der Waals surface area contributed by atoms with Crippen LogP contribution < -0.4 is 10.6 Å². The molecule has 0 bridgehead atoms. The normalized spacial score (nSPS) is 18.6. The van der Waals surface area contributed by atoms with Gasteiger partial charge in [0.1, 0.15) is 5.60 Å². The van der Waals surface area contributed by atoms with Gasteiger partial charge in [0.15, 0.2) is 0 Å². The first kappa shape index (κ1) is 14.8. The lowest BCUT2D eigenvalue weighted by molar-refractivity contribution is 0.0422. The lowest BCUT2D eigenvalue weighted by atomic mass is 9.85. The standard InChI is InChI=1S/C14H24N4O2/c1-13(2,3)20-12(19)16-14(6-8-15-9-7-14)11-5-10-18(4)17-11/h5,10,15H,6-9H2,1-4H3,(H,16,19). The molecule has 0 unspecified atom stereocenters. The summed E-state index contributed by atoms with van der Waals surface area (Å²) in [7, 11) is 1.88. The van der Waals surface area contributed by atoms with Crippen molar-refractivity contribution in [1.82, 2.24) is 20.4 Å². The van der Waals surface area contributed by atoms with Crippen LogP contribution in [0.2, 0.25) is 0 Å². The molecule has 0 aromatic carbocycles. The molecule has 1 aromatic heterocycles. The summed E-state index contributed by atoms with van der Waals surface area (Å²) in [5.74, 6) is 0. The molecule has 2 heterocycles. The zero-order valence-corrected chi connectivity index (χ0v) is 12.7. The van der Waals surface area contributed by atoms with E-state index in [0.717, 1.165) is 31.6 Å². The van der Waals surface area contributed by atoms with Crippen molar-refractivity contribution in [1.29, 1.82) is 0 Å². The average molecular weight is 280 g/mol. The number of rotatable bonds is 2. The van der Waals surface area contributed by atoms with Crippen molar-refractivity contribution in [3.8, 4) is 0 Å². The van der Waals surface area contributed by atoms with Gasteiger partial charge in [-0.05, 0) is 52.8 Å². The SMILES string of the molecule is Cn1ccc(C2(NC(=O)OC(C)(C)C)CCNCC2)n1. The Kier molecular flexibility index (Phi) is 4.04. The largest absolute Gasteiger partial charge is 0.444 e. The highest BCUT2D eigenvalue weighted by Gasteiger charge is 2.38. The molecular formula is C14H24N4O2. The second kappa shape index (κ2) is 5.44. The van der Waals surface area contributed by atoms with Crippen molar-refractivity contribution in [2.45, 2.75) is 44.8 Å². The predicted molar refractivity (Wildman–Crippen MR) is 76.4 cm³/mol. The molecule has 0 radical (unpaired) electrons. The number of aromatic nitrogens is 2. The summed E-state index contributed by atoms with van der Waals surface area (Å²) in [5.41, 5.74) is -0.0377. The zero-order valence-electron chi connectivity index (χ0n) is 12.7. The Morgan fingerprint density at radius 2 is 2.10 bits per heavy atom. The van der Waals surface area contributed by atoms with Gasteiger partial charge in [0, 0.05) is 13.2 Å². The van der Waals surface area contributed by atoms with Gasteiger partial charge >= 0.3 is 6.09 Å². The molecule has 0 aliphatic carbocycles. The fourth-order valence-corrected chi connectivity index (χ4v) is 2.47. The van der Waals surface area contributed by atoms with Gasteiger partial charge < -0.3 is 15.4 Å². The minimum Gasteiger partial charge on any atom is -0.444 e. The van der Waals surface area contributed by atoms with E-state index < -0.39 is 11.1 Å². The number of carbonyl (C=O) groups is 1. The van der Waals surface area contributed by atoms with Gasteiger partial charge in [0.25, 0.3) is 0 Å². The van der Waals surface area contributed by atoms with Gasteiger partial charge in [-0.2, -0.15) is 5.10 Å². The number of piperidine rings is 1. The molecule has 112 valence electrons. The second-order valence-corrected chi connectivity index (χ2v) is 6.33. The minimum atomic E-state index is -0.498. The Morgan fingerprint density at radius 3 is 2.60 bits per heavy atom. The molecule has 0 spiro atoms. The van der Waals surface area contributed by atoms with Crippen LogP contribution >= 0.6 is 0 Å². The molecule has 1 fully saturated rings. The Bertz CT molecular complexity index is 470. The Labute approximate surface area is 119 Å². The van der Waals surface area contributed by atoms with Crippen LogP contribution in [0.15, 0.2) is 12.3 Å². The fourth-order valence-electron chi connectivity index (χ4n) is 2.47. The van der Waals surface area contributed by atoms with Gasteiger partial charge in [-0.3, -0.25) is 4.68 Å². The summed E-state index contributed by atoms with van der Waals surface area (Å²) < 4.78 is 7.15. The van der Waals surface area contributed by atoms with Crippen LogP contribution in [0.5, 0.6) is 0 Å². The van der Waals surface area contributed by atoms with E-state index in [1.54, 1.807) is 4.68 Å². The molecule has 0 saturated carbocycles. The highest BCUT2D eigenvalue weighted by atomic mass is 16.6. The van der Waals surface area contributed by atoms with Crippen LogP contribution in [0.25, 0.3) is 0 Å². The smallest absolute Gasteiger partial charge is 0.408 e. The van der Waals surface area contributed by atoms with E-state index in [-0.39, 0.29) is 6.09 Å². The number of nitrogens with zero attached hydrogens (tertiary/aromatic N) is 2. The molecule has 1 amide bonds. The monoisotopic (exact) mass is 280 g/mol. The van der Waals surface area contributed by atoms with Crippen LogP contribution in [0, 0.1) is 0 Å². The summed E-state index contributed by atoms with van der Waals surface area (Å²) in [6.45, 7) is 7.30. The van der Waals surface area contributed by atoms with Gasteiger partial charge in [-0.1, -0.05) is 0 Å². The topological polar surface area (TPSA) is 68.2 Å². The van der Waals surface area contributed by atoms with Crippen molar-refractivity contribution in [3.63, 3.8) is 0 Å². The lowest BCUT2D eigenvalue weighted by Crippen LogP contribution is -2.53. The van der Waals surface area contributed by atoms with E-state index in [2.05, 4.69) is 15.7 Å². The van der Waals surface area contributed by atoms with Crippen LogP contribution in [0.1, 0.15) is 39.3 Å². The van der Waals surface area contributed by atoms with E-state index in [1.165, 1.54) is 0 Å². The summed E-state index contributed by atoms with van der Waals surface area (Å²) in [6, 6.07) is 1.96. The first-order valence-electron chi connectivity index (χ1n) is 7.03. The molecule has 6 nitrogen and oxygen atoms in total. The molecule has 1 saturated heterocycles. The Morgan fingerprint density at radius 1 is 1.45 bits per heavy atom. The number of alkyl carbamates (subject to hydrolysis) is 1. The van der Waals surface area contributed by atoms with Crippen LogP contribution in [0.4, 0.5) is 4.79 Å². The molecule has 1 aliphatic heterocycles. The maximum atomic E-state index is 12.1. The molecule has 2 rings (SSSR count). The van der Waals surface area contributed by atoms with Gasteiger partial charge in [0.05, 0.1) is 11.2 Å². The average Bonchev–Trinajstić information content (AvgIpc) is 2.75. The van der Waals surface area contributed by atoms with Crippen molar-refractivity contribution in [3.05, 3.63) is 18.0 Å². The molecule has 6 heteroatoms. The highest BCUT2D eigenvalue weighted by molar-refractivity contribution is 5.69. The predicted octanol–water partition coefficient (Wildman–Crippen LogP) is 1.52. The number of amides is 1. The number of carbonyl (C=O) groups excluding carboxylic acids is 1. The van der Waals surface area contributed by atoms with Crippen molar-refractivity contribution in [2.75, 3.05) is 13.1 Å². The van der Waals surface area contributed by atoms with E-state index in [0.29, 0.717) is 0 Å². The number of aryl methyl sites for hydroxylation is 1.